The molecule has 0 spiro atoms. The molecule has 1 N–H and O–H groups in total. The highest BCUT2D eigenvalue weighted by molar-refractivity contribution is 5.43. The number of rotatable bonds is 4. The number of ether oxygens (including phenoxy) is 2. The number of aliphatic hydroxyl groups is 1. The third-order valence-electron chi connectivity index (χ3n) is 2.03. The molecule has 15 heavy (non-hydrogen) atoms. The fraction of sp³-hybridized carbons (Fsp3) is 0.500. The van der Waals surface area contributed by atoms with Crippen LogP contribution in [0.3, 0.4) is 0 Å². The first-order valence-electron chi connectivity index (χ1n) is 5.07. The van der Waals surface area contributed by atoms with Crippen molar-refractivity contribution in [2.75, 3.05) is 7.11 Å². The largest absolute Gasteiger partial charge is 0.493 e. The van der Waals surface area contributed by atoms with Gasteiger partial charge in [0.25, 0.3) is 0 Å². The van der Waals surface area contributed by atoms with Crippen LogP contribution in [0.4, 0.5) is 0 Å². The highest BCUT2D eigenvalue weighted by Gasteiger charge is 2.09. The van der Waals surface area contributed by atoms with E-state index in [1.807, 2.05) is 26.0 Å². The Balaban J connectivity index is 2.98. The van der Waals surface area contributed by atoms with E-state index in [2.05, 4.69) is 0 Å². The van der Waals surface area contributed by atoms with Gasteiger partial charge in [0.05, 0.1) is 19.3 Å². The van der Waals surface area contributed by atoms with Gasteiger partial charge in [-0.05, 0) is 38.5 Å². The maximum atomic E-state index is 9.42. The monoisotopic (exact) mass is 210 g/mol. The van der Waals surface area contributed by atoms with Gasteiger partial charge in [-0.15, -0.1) is 0 Å². The lowest BCUT2D eigenvalue weighted by molar-refractivity contribution is 0.197. The van der Waals surface area contributed by atoms with Crippen molar-refractivity contribution in [3.05, 3.63) is 23.8 Å². The lowest BCUT2D eigenvalue weighted by atomic mass is 10.1. The third-order valence-corrected chi connectivity index (χ3v) is 2.03. The van der Waals surface area contributed by atoms with E-state index in [1.165, 1.54) is 0 Å². The summed E-state index contributed by atoms with van der Waals surface area (Å²) >= 11 is 0. The summed E-state index contributed by atoms with van der Waals surface area (Å²) in [7, 11) is 1.59. The molecule has 0 aliphatic carbocycles. The number of hydrogen-bond donors (Lipinski definition) is 1. The first-order valence-corrected chi connectivity index (χ1v) is 5.07. The Morgan fingerprint density at radius 2 is 1.80 bits per heavy atom. The van der Waals surface area contributed by atoms with Crippen LogP contribution >= 0.6 is 0 Å². The maximum Gasteiger partial charge on any atom is 0.161 e. The zero-order valence-corrected chi connectivity index (χ0v) is 9.65. The molecule has 1 aromatic carbocycles. The molecule has 1 atom stereocenters. The van der Waals surface area contributed by atoms with Crippen molar-refractivity contribution in [3.8, 4) is 11.5 Å². The fourth-order valence-electron chi connectivity index (χ4n) is 1.30. The molecule has 0 saturated heterocycles. The Morgan fingerprint density at radius 1 is 1.13 bits per heavy atom. The van der Waals surface area contributed by atoms with E-state index >= 15 is 0 Å². The molecule has 0 aliphatic rings. The summed E-state index contributed by atoms with van der Waals surface area (Å²) < 4.78 is 10.8. The molecule has 0 aliphatic heterocycles. The highest BCUT2D eigenvalue weighted by Crippen LogP contribution is 2.30. The number of aliphatic hydroxyl groups excluding tert-OH is 1. The van der Waals surface area contributed by atoms with Crippen LogP contribution in [0.15, 0.2) is 18.2 Å². The molecule has 0 bridgehead atoms. The molecule has 0 heterocycles. The molecular weight excluding hydrogens is 192 g/mol. The Hall–Kier alpha value is -1.22. The molecular formula is C12H18O3. The summed E-state index contributed by atoms with van der Waals surface area (Å²) in [5.74, 6) is 1.36. The summed E-state index contributed by atoms with van der Waals surface area (Å²) in [6.45, 7) is 5.64. The van der Waals surface area contributed by atoms with Gasteiger partial charge in [0.1, 0.15) is 0 Å². The van der Waals surface area contributed by atoms with Crippen molar-refractivity contribution in [1.82, 2.24) is 0 Å². The van der Waals surface area contributed by atoms with Gasteiger partial charge < -0.3 is 14.6 Å². The van der Waals surface area contributed by atoms with Crippen molar-refractivity contribution >= 4 is 0 Å². The standard InChI is InChI=1S/C12H18O3/c1-8(2)15-11-6-5-10(9(3)13)7-12(11)14-4/h5-9,13H,1-4H3/t9-/m1/s1. The summed E-state index contributed by atoms with van der Waals surface area (Å²) in [4.78, 5) is 0. The lowest BCUT2D eigenvalue weighted by Crippen LogP contribution is -2.07. The van der Waals surface area contributed by atoms with Crippen molar-refractivity contribution in [3.63, 3.8) is 0 Å². The van der Waals surface area contributed by atoms with Crippen molar-refractivity contribution in [1.29, 1.82) is 0 Å². The normalized spacial score (nSPS) is 12.7. The van der Waals surface area contributed by atoms with Crippen LogP contribution < -0.4 is 9.47 Å². The van der Waals surface area contributed by atoms with Crippen LogP contribution in [0.2, 0.25) is 0 Å². The van der Waals surface area contributed by atoms with Gasteiger partial charge in [-0.2, -0.15) is 0 Å². The smallest absolute Gasteiger partial charge is 0.161 e. The topological polar surface area (TPSA) is 38.7 Å². The zero-order valence-electron chi connectivity index (χ0n) is 9.65. The molecule has 1 aromatic rings. The summed E-state index contributed by atoms with van der Waals surface area (Å²) in [5.41, 5.74) is 0.822. The SMILES string of the molecule is COc1cc([C@@H](C)O)ccc1OC(C)C. The van der Waals surface area contributed by atoms with Gasteiger partial charge >= 0.3 is 0 Å². The minimum Gasteiger partial charge on any atom is -0.493 e. The first kappa shape index (κ1) is 11.9. The average molecular weight is 210 g/mol. The predicted molar refractivity (Wildman–Crippen MR) is 59.4 cm³/mol. The van der Waals surface area contributed by atoms with Gasteiger partial charge in [0, 0.05) is 0 Å². The van der Waals surface area contributed by atoms with E-state index in [9.17, 15) is 5.11 Å². The van der Waals surface area contributed by atoms with Crippen LogP contribution in [0, 0.1) is 0 Å². The average Bonchev–Trinajstić information content (AvgIpc) is 2.17. The second-order valence-electron chi connectivity index (χ2n) is 3.75. The van der Waals surface area contributed by atoms with Crippen LogP contribution in [0.1, 0.15) is 32.4 Å². The Morgan fingerprint density at radius 3 is 2.27 bits per heavy atom. The van der Waals surface area contributed by atoms with E-state index in [-0.39, 0.29) is 6.10 Å². The number of methoxy groups -OCH3 is 1. The van der Waals surface area contributed by atoms with Gasteiger partial charge in [0.15, 0.2) is 11.5 Å². The summed E-state index contributed by atoms with van der Waals surface area (Å²) in [6, 6.07) is 5.45. The molecule has 0 radical (unpaired) electrons. The van der Waals surface area contributed by atoms with Crippen molar-refractivity contribution < 1.29 is 14.6 Å². The lowest BCUT2D eigenvalue weighted by Gasteiger charge is -2.15. The van der Waals surface area contributed by atoms with Crippen molar-refractivity contribution in [2.24, 2.45) is 0 Å². The summed E-state index contributed by atoms with van der Waals surface area (Å²) in [6.07, 6.45) is -0.386. The molecule has 84 valence electrons. The first-order chi connectivity index (χ1) is 7.04. The van der Waals surface area contributed by atoms with E-state index in [0.29, 0.717) is 11.5 Å². The Labute approximate surface area is 90.6 Å². The molecule has 3 heteroatoms. The Bertz CT molecular complexity index is 319. The molecule has 0 saturated carbocycles. The molecule has 0 unspecified atom stereocenters. The second-order valence-corrected chi connectivity index (χ2v) is 3.75. The van der Waals surface area contributed by atoms with Gasteiger partial charge in [-0.1, -0.05) is 6.07 Å². The molecule has 0 aromatic heterocycles. The van der Waals surface area contributed by atoms with E-state index in [1.54, 1.807) is 20.1 Å². The van der Waals surface area contributed by atoms with Crippen LogP contribution in [-0.4, -0.2) is 18.3 Å². The van der Waals surface area contributed by atoms with E-state index < -0.39 is 6.10 Å². The van der Waals surface area contributed by atoms with Crippen LogP contribution in [0.5, 0.6) is 11.5 Å². The molecule has 1 rings (SSSR count). The molecule has 0 amide bonds. The third kappa shape index (κ3) is 3.13. The van der Waals surface area contributed by atoms with E-state index in [4.69, 9.17) is 9.47 Å². The minimum absolute atomic E-state index is 0.108. The van der Waals surface area contributed by atoms with Gasteiger partial charge in [-0.25, -0.2) is 0 Å². The molecule has 0 fully saturated rings. The van der Waals surface area contributed by atoms with E-state index in [0.717, 1.165) is 5.56 Å². The minimum atomic E-state index is -0.494. The summed E-state index contributed by atoms with van der Waals surface area (Å²) in [5, 5.41) is 9.42. The fourth-order valence-corrected chi connectivity index (χ4v) is 1.30. The molecule has 3 nitrogen and oxygen atoms in total. The van der Waals surface area contributed by atoms with Gasteiger partial charge in [-0.3, -0.25) is 0 Å². The van der Waals surface area contributed by atoms with Crippen LogP contribution in [-0.2, 0) is 0 Å². The van der Waals surface area contributed by atoms with Gasteiger partial charge in [0.2, 0.25) is 0 Å². The number of hydrogen-bond acceptors (Lipinski definition) is 3. The van der Waals surface area contributed by atoms with Crippen LogP contribution in [0.25, 0.3) is 0 Å². The zero-order chi connectivity index (χ0) is 11.4. The quantitative estimate of drug-likeness (QED) is 0.830. The Kier molecular flexibility index (Phi) is 3.97. The number of benzene rings is 1. The second kappa shape index (κ2) is 5.03. The highest BCUT2D eigenvalue weighted by atomic mass is 16.5. The van der Waals surface area contributed by atoms with Crippen molar-refractivity contribution in [2.45, 2.75) is 33.0 Å². The maximum absolute atomic E-state index is 9.42. The predicted octanol–water partition coefficient (Wildman–Crippen LogP) is 2.54.